The molecule has 38 heteroatoms. The van der Waals surface area contributed by atoms with E-state index in [1.54, 1.807) is 46.5 Å². The quantitative estimate of drug-likeness (QED) is 0.00998. The highest BCUT2D eigenvalue weighted by molar-refractivity contribution is 6.39. The molecule has 38 nitrogen and oxygen atoms in total. The minimum Gasteiger partial charge on any atom is -0.459 e. The minimum atomic E-state index is -2.52. The predicted octanol–water partition coefficient (Wildman–Crippen LogP) is 7.14. The number of aliphatic hydroxyl groups is 3. The monoisotopic (exact) mass is 1870 g/mol. The number of alkyl carbamates (subject to hydrolysis) is 1. The van der Waals surface area contributed by atoms with Gasteiger partial charge in [-0.25, -0.2) is 49.2 Å². The van der Waals surface area contributed by atoms with Crippen LogP contribution in [0.5, 0.6) is 0 Å². The van der Waals surface area contributed by atoms with Gasteiger partial charge >= 0.3 is 12.1 Å². The molecule has 10 N–H and O–H groups in total. The number of anilines is 3. The maximum Gasteiger partial charge on any atom is 0.407 e. The van der Waals surface area contributed by atoms with Gasteiger partial charge in [-0.2, -0.15) is 5.10 Å². The number of fused-ring (bicyclic) bond motifs is 6. The molecular weight excluding hydrogens is 1740 g/mol. The van der Waals surface area contributed by atoms with Crippen LogP contribution in [-0.2, 0) is 97.5 Å². The number of Topliss-reactive ketones (excluding diaryl/α,β-unsaturated/α-hetero) is 3. The molecule has 7 aromatic rings. The summed E-state index contributed by atoms with van der Waals surface area (Å²) in [6.45, 7) is 17.0. The molecule has 13 rings (SSSR count). The highest BCUT2D eigenvalue weighted by Crippen LogP contribution is 2.39. The number of allylic oxidation sites excluding steroid dienone is 6. The van der Waals surface area contributed by atoms with Crippen molar-refractivity contribution >= 4 is 86.9 Å². The minimum absolute atomic E-state index is 0.0106. The number of nitrogen functional groups attached to an aromatic ring is 1. The number of benzene rings is 1. The number of carbonyl (C=O) groups excluding carboxylic acids is 8. The Bertz CT molecular complexity index is 5330. The number of hydrogen-bond acceptors (Lipinski definition) is 32. The summed E-state index contributed by atoms with van der Waals surface area (Å²) in [5.41, 5.74) is 21.6. The van der Waals surface area contributed by atoms with E-state index < -0.39 is 120 Å². The molecule has 1 aliphatic carbocycles. The van der Waals surface area contributed by atoms with E-state index in [4.69, 9.17) is 59.2 Å². The Morgan fingerprint density at radius 2 is 1.41 bits per heavy atom. The summed E-state index contributed by atoms with van der Waals surface area (Å²) < 4.78 is 54.7. The molecule has 11 heterocycles. The molecule has 0 unspecified atom stereocenters. The average Bonchev–Trinajstić information content (AvgIpc) is 1.11. The average molecular weight is 1870 g/mol. The second-order valence-electron chi connectivity index (χ2n) is 36.2. The molecule has 1 saturated carbocycles. The number of nitrogens with two attached hydrogens (primary N) is 2. The molecular formula is C97H130N18O20. The molecule has 6 aromatic heterocycles. The molecule has 4 fully saturated rings. The number of piperazine rings is 1. The van der Waals surface area contributed by atoms with E-state index in [0.29, 0.717) is 182 Å². The van der Waals surface area contributed by atoms with Gasteiger partial charge in [0.1, 0.15) is 59.7 Å². The third-order valence-corrected chi connectivity index (χ3v) is 26.4. The van der Waals surface area contributed by atoms with Gasteiger partial charge in [0, 0.05) is 163 Å². The van der Waals surface area contributed by atoms with Crippen LogP contribution in [0.1, 0.15) is 158 Å². The van der Waals surface area contributed by atoms with Crippen LogP contribution in [0.15, 0.2) is 121 Å². The van der Waals surface area contributed by atoms with Crippen LogP contribution in [-0.4, -0.2) is 295 Å². The number of methoxy groups -OCH3 is 2. The topological polar surface area (TPSA) is 493 Å². The fourth-order valence-corrected chi connectivity index (χ4v) is 18.4. The molecule has 4 amide bonds. The van der Waals surface area contributed by atoms with E-state index in [2.05, 4.69) is 68.7 Å². The highest BCUT2D eigenvalue weighted by Gasteiger charge is 2.53. The lowest BCUT2D eigenvalue weighted by Crippen LogP contribution is -2.61. The van der Waals surface area contributed by atoms with Gasteiger partial charge in [0.05, 0.1) is 95.1 Å². The van der Waals surface area contributed by atoms with Gasteiger partial charge in [-0.05, 0) is 136 Å². The number of aromatic nitrogens is 10. The zero-order valence-corrected chi connectivity index (χ0v) is 78.4. The summed E-state index contributed by atoms with van der Waals surface area (Å²) in [6.07, 6.45) is 18.8. The second-order valence-corrected chi connectivity index (χ2v) is 36.2. The van der Waals surface area contributed by atoms with Crippen LogP contribution in [0, 0.1) is 29.6 Å². The number of nitrogens with zero attached hydrogens (tertiary/aromatic N) is 13. The van der Waals surface area contributed by atoms with Gasteiger partial charge in [-0.1, -0.05) is 82.4 Å². The fraction of sp³-hybridized carbons (Fsp3) is 0.567. The van der Waals surface area contributed by atoms with Crippen LogP contribution in [0.2, 0.25) is 0 Å². The van der Waals surface area contributed by atoms with E-state index in [9.17, 15) is 53.7 Å². The van der Waals surface area contributed by atoms with Crippen molar-refractivity contribution in [2.45, 2.75) is 212 Å². The number of ether oxygens (including phenoxy) is 9. The van der Waals surface area contributed by atoms with E-state index in [1.807, 2.05) is 81.9 Å². The molecule has 1 aromatic carbocycles. The van der Waals surface area contributed by atoms with Crippen LogP contribution >= 0.6 is 0 Å². The first-order chi connectivity index (χ1) is 65.1. The number of carbonyl (C=O) groups is 8. The Balaban J connectivity index is 0.491. The molecule has 6 aliphatic rings. The zero-order valence-electron chi connectivity index (χ0n) is 78.4. The molecule has 3 saturated heterocycles. The van der Waals surface area contributed by atoms with Gasteiger partial charge < -0.3 is 105 Å². The largest absolute Gasteiger partial charge is 0.459 e. The van der Waals surface area contributed by atoms with Crippen molar-refractivity contribution < 1.29 is 96.3 Å². The van der Waals surface area contributed by atoms with E-state index in [0.717, 1.165) is 44.6 Å². The number of amides is 4. The molecule has 135 heavy (non-hydrogen) atoms. The number of aliphatic hydroxyl groups excluding tert-OH is 2. The number of ketones is 3. The Morgan fingerprint density at radius 3 is 2.13 bits per heavy atom. The molecule has 5 aliphatic heterocycles. The number of esters is 1. The predicted molar refractivity (Wildman–Crippen MR) is 498 cm³/mol. The van der Waals surface area contributed by atoms with E-state index in [-0.39, 0.29) is 87.8 Å². The molecule has 728 valence electrons. The molecule has 0 spiro atoms. The maximum absolute atomic E-state index is 14.7. The van der Waals surface area contributed by atoms with Crippen molar-refractivity contribution in [2.24, 2.45) is 35.3 Å². The fourth-order valence-electron chi connectivity index (χ4n) is 18.4. The van der Waals surface area contributed by atoms with Crippen molar-refractivity contribution in [3.8, 4) is 11.3 Å². The van der Waals surface area contributed by atoms with Gasteiger partial charge in [-0.3, -0.25) is 28.8 Å². The molecule has 15 atom stereocenters. The third-order valence-electron chi connectivity index (χ3n) is 26.4. The van der Waals surface area contributed by atoms with Crippen molar-refractivity contribution in [3.63, 3.8) is 0 Å². The smallest absolute Gasteiger partial charge is 0.407 e. The lowest BCUT2D eigenvalue weighted by atomic mass is 9.80. The van der Waals surface area contributed by atoms with E-state index in [1.165, 1.54) is 44.4 Å². The lowest BCUT2D eigenvalue weighted by Gasteiger charge is -2.42. The maximum atomic E-state index is 14.7. The van der Waals surface area contributed by atoms with Gasteiger partial charge in [0.2, 0.25) is 23.6 Å². The summed E-state index contributed by atoms with van der Waals surface area (Å²) in [5.74, 6) is -8.39. The summed E-state index contributed by atoms with van der Waals surface area (Å²) in [7, 11) is 3.06. The summed E-state index contributed by atoms with van der Waals surface area (Å²) >= 11 is 0. The van der Waals surface area contributed by atoms with Crippen molar-refractivity contribution in [2.75, 3.05) is 128 Å². The normalized spacial score (nSPS) is 26.1. The molecule has 0 radical (unpaired) electrons. The van der Waals surface area contributed by atoms with Crippen LogP contribution in [0.3, 0.4) is 0 Å². The van der Waals surface area contributed by atoms with Crippen LogP contribution in [0.25, 0.3) is 33.3 Å². The lowest BCUT2D eigenvalue weighted by molar-refractivity contribution is -0.265. The van der Waals surface area contributed by atoms with E-state index >= 15 is 0 Å². The van der Waals surface area contributed by atoms with Gasteiger partial charge in [0.25, 0.3) is 17.6 Å². The third kappa shape index (κ3) is 26.7. The highest BCUT2D eigenvalue weighted by atomic mass is 16.6. The Labute approximate surface area is 785 Å². The number of piperidine rings is 1. The van der Waals surface area contributed by atoms with Crippen molar-refractivity contribution in [1.82, 2.24) is 70.1 Å². The van der Waals surface area contributed by atoms with Crippen LogP contribution < -0.4 is 31.9 Å². The summed E-state index contributed by atoms with van der Waals surface area (Å²) in [5, 5.41) is 46.9. The standard InChI is InChI=1S/C97H130N18O20/c1-59-14-10-9-11-15-60(2)78(127-7)48-73-21-17-64(6)97(126,135-73)87(121)92(123)114-28-13-12-16-75(114)93(124)133-79(49-76(116)61(3)43-63(5)85(119)86(120)84(118)62(4)42-59)74(98)45-65-19-22-77(80(46-65)128-8)134-96(125)107-52-67-50-103-94(104-51-67)111-30-32-112(33-31-111)95-105-54-72(55-106-95)91(122)101-27-35-130-37-39-132-41-40-131-38-36-129-34-25-81(117)113-29-24-68-44-66(18-20-70(68)57-113)56-115-90-82(88(99)108-58-109-90)83(110-115)71-47-69-23-26-100-89(69)102-53-71/h9-11,14-15,18,20,23,26,43-44,47,50-51,53-55,58-59,61-62,64-65,73-75,77-80,85-86,119-120,126H,12-13,16-17,19,21-22,24-25,27-42,45-46,48-49,52,56-57,98H2,1-8H3,(H,100,102)(H,101,122)(H,107,125)(H2,99,108,109)/b11-9?,14-10+,60-15?,63-43+/t59-,61-,62-,64-,65+,73+,74-,75+,77-,78+,79+,80-,85-,86+,97-/m1/s1. The molecule has 2 bridgehead atoms. The number of aromatic amines is 1. The number of H-pyrrole nitrogens is 1. The zero-order chi connectivity index (χ0) is 95.8. The second kappa shape index (κ2) is 48.4. The number of hydrogen-bond donors (Lipinski definition) is 8. The Hall–Kier alpha value is -11.3. The van der Waals surface area contributed by atoms with Crippen molar-refractivity contribution in [1.29, 1.82) is 0 Å². The first-order valence-corrected chi connectivity index (χ1v) is 47.0. The Morgan fingerprint density at radius 1 is 0.704 bits per heavy atom. The number of pyridine rings is 1. The van der Waals surface area contributed by atoms with Crippen LogP contribution in [0.4, 0.5) is 22.5 Å². The number of rotatable bonds is 29. The Kier molecular flexibility index (Phi) is 36.3. The summed E-state index contributed by atoms with van der Waals surface area (Å²) in [4.78, 5) is 153. The van der Waals surface area contributed by atoms with Gasteiger partial charge in [-0.15, -0.1) is 0 Å². The first-order valence-electron chi connectivity index (χ1n) is 47.0. The number of cyclic esters (lactones) is 1. The summed E-state index contributed by atoms with van der Waals surface area (Å²) in [6, 6.07) is 8.03. The first kappa shape index (κ1) is 101. The van der Waals surface area contributed by atoms with Gasteiger partial charge in [0.15, 0.2) is 11.4 Å². The van der Waals surface area contributed by atoms with Crippen molar-refractivity contribution in [3.05, 3.63) is 149 Å². The number of nitrogens with one attached hydrogen (secondary N) is 3. The SMILES string of the molecule is CO[C@H]1C[C@@H]2CC[C@@H](C)[C@@](O)(O2)C(=O)C(=O)N2CCCC[C@H]2C(=O)O[C@H]([C@H](N)C[C@@H]2CC[C@@H](OC(=O)NCc3cnc(N4CCN(c5ncc(C(=O)NCCOCCOCCOCCOCCC(=O)N6CCc7cc(Cn8nc(-c9cnc%10[nH]ccc%10c9)c9c(N)ncnc98)ccc7C6)cn5)CC4)nc3)[C@H](OC)C2)CC(=O)[C@H](C)/C=C(\C)[C@@H](O)[C@@H](O)C(=O)[C@H](C)C[C@H](C)/C=C/C=CC=C1C.